The van der Waals surface area contributed by atoms with Gasteiger partial charge in [0.05, 0.1) is 62.6 Å². The molecule has 7 N–H and O–H groups in total. The third-order valence-corrected chi connectivity index (χ3v) is 15.8. The van der Waals surface area contributed by atoms with Gasteiger partial charge in [-0.2, -0.15) is 5.09 Å². The number of rotatable bonds is 21. The summed E-state index contributed by atoms with van der Waals surface area (Å²) in [5.41, 5.74) is 6.04. The van der Waals surface area contributed by atoms with E-state index in [1.165, 1.54) is 82.7 Å². The topological polar surface area (TPSA) is 347 Å². The number of carboxylic acids is 1. The summed E-state index contributed by atoms with van der Waals surface area (Å²) in [7, 11) is -1.51. The Morgan fingerprint density at radius 1 is 0.473 bits per heavy atom. The van der Waals surface area contributed by atoms with E-state index in [0.717, 1.165) is 0 Å². The Hall–Kier alpha value is -5.89. The van der Waals surface area contributed by atoms with E-state index in [9.17, 15) is 42.5 Å². The van der Waals surface area contributed by atoms with Crippen LogP contribution in [0.4, 0.5) is 0 Å². The predicted molar refractivity (Wildman–Crippen MR) is 367 cm³/mol. The number of ether oxygens (including phenoxy) is 5. The van der Waals surface area contributed by atoms with E-state index in [1.807, 2.05) is 0 Å². The summed E-state index contributed by atoms with van der Waals surface area (Å²) in [5, 5.41) is 31.6. The van der Waals surface area contributed by atoms with Gasteiger partial charge in [0.1, 0.15) is 52.6 Å². The van der Waals surface area contributed by atoms with Crippen molar-refractivity contribution in [3.8, 4) is 34.5 Å². The molecule has 93 heavy (non-hydrogen) atoms. The molecule has 2 unspecified atom stereocenters. The van der Waals surface area contributed by atoms with E-state index in [1.54, 1.807) is 139 Å². The van der Waals surface area contributed by atoms with Crippen LogP contribution in [0, 0.1) is 0 Å². The van der Waals surface area contributed by atoms with Crippen molar-refractivity contribution >= 4 is 150 Å². The third kappa shape index (κ3) is 37.7. The number of aromatic carboxylic acids is 1. The van der Waals surface area contributed by atoms with Crippen LogP contribution in [0.1, 0.15) is 93.4 Å². The van der Waals surface area contributed by atoms with Crippen LogP contribution in [0.2, 0.25) is 0 Å². The Kier molecular flexibility index (Phi) is 41.2. The third-order valence-electron chi connectivity index (χ3n) is 9.86. The lowest BCUT2D eigenvalue weighted by Crippen LogP contribution is -2.36. The zero-order valence-electron chi connectivity index (χ0n) is 51.6. The first-order valence-electron chi connectivity index (χ1n) is 26.7. The van der Waals surface area contributed by atoms with Crippen molar-refractivity contribution in [1.82, 2.24) is 10.2 Å². The van der Waals surface area contributed by atoms with Gasteiger partial charge in [0.2, 0.25) is 0 Å². The first-order chi connectivity index (χ1) is 42.8. The number of phenols is 2. The molecule has 0 radical (unpaired) electrons. The van der Waals surface area contributed by atoms with Gasteiger partial charge >= 0.3 is 56.5 Å². The lowest BCUT2D eigenvalue weighted by Gasteiger charge is -2.24. The normalized spacial score (nSPS) is 12.6. The van der Waals surface area contributed by atoms with Gasteiger partial charge in [-0.15, -0.1) is 12.4 Å². The smallest absolute Gasteiger partial charge is 0.507 e. The standard InChI is InChI=1S/C20H23BrNO7P.C12H17ClNO4P.C8H7BrO3.C7H5BrO3.C6H5Cl2O2P.C6H13NO2.ClH/c1-13(2)27-19(23)14(3)22-30(25,28-16-8-6-5-7-9-16)29-18-11-10-15(12-17(18)21)20(24)26-4;1-9(2)17-12(15)10(3)14-19(13,16)18-11-7-5-4-6-8-11;1-12-8(11)5-2-3-7(10)6(9)4-5;8-5-3-4(7(10)11)1-2-6(5)9;7-11(8,9)10-6-4-2-1-3-5-6;1-4(2)9-6(8)5(3)7;/h5-14H,1-4H3,(H,22,25);4-10H,1-3H3,(H,14,16);2-4,10H,1H3;1-3,9H,(H,10,11);1-5H;4-5H,7H2,1-3H3;1H/t14-,30?;10-,19?;;;;5-;/m00...0./s1. The fourth-order valence-corrected chi connectivity index (χ4v) is 11.3. The predicted octanol–water partition coefficient (Wildman–Crippen LogP) is 16.2. The number of methoxy groups -OCH3 is 2. The van der Waals surface area contributed by atoms with Crippen LogP contribution in [-0.2, 0) is 51.8 Å². The molecule has 0 aliphatic heterocycles. The van der Waals surface area contributed by atoms with Crippen molar-refractivity contribution in [2.24, 2.45) is 5.73 Å². The first-order valence-corrected chi connectivity index (χ1v) is 36.6. The minimum Gasteiger partial charge on any atom is -0.507 e. The molecular weight excluding hydrogens is 1560 g/mol. The van der Waals surface area contributed by atoms with Gasteiger partial charge in [-0.3, -0.25) is 14.4 Å². The van der Waals surface area contributed by atoms with Crippen molar-refractivity contribution in [3.63, 3.8) is 0 Å². The van der Waals surface area contributed by atoms with Gasteiger partial charge in [-0.25, -0.2) is 33.2 Å². The second kappa shape index (κ2) is 44.0. The number of nitrogens with two attached hydrogens (primary N) is 1. The maximum absolute atomic E-state index is 13.5. The number of hydrogen-bond acceptors (Lipinski definition) is 21. The highest BCUT2D eigenvalue weighted by Gasteiger charge is 2.35. The summed E-state index contributed by atoms with van der Waals surface area (Å²) >= 11 is 25.5. The summed E-state index contributed by atoms with van der Waals surface area (Å²) in [5.74, 6) is -2.13. The molecular formula is C59H71Br3Cl4N3O21P3. The maximum Gasteiger partial charge on any atom is 0.513 e. The van der Waals surface area contributed by atoms with Crippen LogP contribution >= 0.6 is 115 Å². The molecule has 512 valence electrons. The van der Waals surface area contributed by atoms with Gasteiger partial charge in [-0.05, 0) is 201 Å². The highest BCUT2D eigenvalue weighted by Crippen LogP contribution is 2.57. The molecule has 0 aliphatic carbocycles. The highest BCUT2D eigenvalue weighted by molar-refractivity contribution is 9.11. The average Bonchev–Trinajstić information content (AvgIpc) is 0.859. The Morgan fingerprint density at radius 2 is 0.817 bits per heavy atom. The van der Waals surface area contributed by atoms with Crippen LogP contribution in [0.3, 0.4) is 0 Å². The maximum atomic E-state index is 13.5. The van der Waals surface area contributed by atoms with Crippen molar-refractivity contribution in [2.45, 2.75) is 98.8 Å². The van der Waals surface area contributed by atoms with E-state index in [0.29, 0.717) is 30.5 Å². The fraction of sp³-hybridized carbons (Fsp3) is 0.288. The van der Waals surface area contributed by atoms with Crippen LogP contribution in [0.15, 0.2) is 159 Å². The Balaban J connectivity index is 0.00000116. The highest BCUT2D eigenvalue weighted by atomic mass is 79.9. The number of halogens is 7. The number of carbonyl (C=O) groups is 6. The molecule has 0 amide bonds. The van der Waals surface area contributed by atoms with Gasteiger partial charge in [0.15, 0.2) is 0 Å². The van der Waals surface area contributed by atoms with Crippen LogP contribution < -0.4 is 34.0 Å². The number of nitrogens with one attached hydrogen (secondary N) is 2. The molecule has 0 saturated heterocycles. The molecule has 6 aromatic carbocycles. The second-order valence-electron chi connectivity index (χ2n) is 18.9. The van der Waals surface area contributed by atoms with Gasteiger partial charge in [0, 0.05) is 33.7 Å². The molecule has 0 fully saturated rings. The average molecular weight is 1630 g/mol. The van der Waals surface area contributed by atoms with Crippen molar-refractivity contribution < 1.29 is 99.6 Å². The first kappa shape index (κ1) is 87.1. The van der Waals surface area contributed by atoms with Gasteiger partial charge in [0.25, 0.3) is 0 Å². The zero-order valence-corrected chi connectivity index (χ0v) is 62.1. The summed E-state index contributed by atoms with van der Waals surface area (Å²) < 4.78 is 82.5. The molecule has 6 aromatic rings. The Morgan fingerprint density at radius 3 is 1.16 bits per heavy atom. The number of esters is 5. The minimum atomic E-state index is -4.09. The van der Waals surface area contributed by atoms with Crippen molar-refractivity contribution in [1.29, 1.82) is 0 Å². The number of benzene rings is 6. The number of phenolic OH excluding ortho intramolecular Hbond substituents is 2. The Labute approximate surface area is 584 Å². The summed E-state index contributed by atoms with van der Waals surface area (Å²) in [6.45, 7) is 11.4. The molecule has 24 nitrogen and oxygen atoms in total. The fourth-order valence-electron chi connectivity index (χ4n) is 5.86. The zero-order chi connectivity index (χ0) is 70.1. The summed E-state index contributed by atoms with van der Waals surface area (Å²) in [4.78, 5) is 67.3. The van der Waals surface area contributed by atoms with Crippen LogP contribution in [0.25, 0.3) is 0 Å². The molecule has 5 atom stereocenters. The number of carboxylic acid groups (broad SMARTS) is 1. The van der Waals surface area contributed by atoms with Crippen LogP contribution in [-0.4, -0.2) is 102 Å². The number of para-hydroxylation sites is 3. The largest absolute Gasteiger partial charge is 0.513 e. The molecule has 0 spiro atoms. The van der Waals surface area contributed by atoms with E-state index in [-0.39, 0.29) is 70.8 Å². The van der Waals surface area contributed by atoms with E-state index in [2.05, 4.69) is 72.0 Å². The SMILES string of the molecule is CC(C)OC(=O)[C@H](C)N.CC(C)OC(=O)[C@H](C)NP(=O)(Cl)Oc1ccccc1.COC(=O)c1ccc(O)c(Br)c1.COC(=O)c1ccc(OP(=O)(N[C@@H](C)C(=O)OC(C)C)Oc2ccccc2)c(Br)c1.Cl.O=C(O)c1ccc(O)c(Br)c1.O=P(Cl)(Cl)Oc1ccccc1. The molecule has 34 heteroatoms. The quantitative estimate of drug-likeness (QED) is 0.0221. The van der Waals surface area contributed by atoms with Crippen LogP contribution in [0.5, 0.6) is 34.5 Å². The van der Waals surface area contributed by atoms with E-state index in [4.69, 9.17) is 82.6 Å². The molecule has 0 aliphatic rings. The summed E-state index contributed by atoms with van der Waals surface area (Å²) in [6, 6.07) is 35.9. The summed E-state index contributed by atoms with van der Waals surface area (Å²) in [6.07, 6.45) is -4.09. The number of aromatic hydroxyl groups is 2. The van der Waals surface area contributed by atoms with E-state index < -0.39 is 68.7 Å². The molecule has 0 saturated carbocycles. The molecule has 0 aromatic heterocycles. The van der Waals surface area contributed by atoms with Crippen molar-refractivity contribution in [2.75, 3.05) is 14.2 Å². The van der Waals surface area contributed by atoms with Gasteiger partial charge < -0.3 is 62.8 Å². The second-order valence-corrected chi connectivity index (χ2v) is 30.0. The van der Waals surface area contributed by atoms with Crippen molar-refractivity contribution in [3.05, 3.63) is 176 Å². The number of hydrogen-bond donors (Lipinski definition) is 6. The lowest BCUT2D eigenvalue weighted by atomic mass is 10.2. The molecule has 0 heterocycles. The molecule has 6 rings (SSSR count). The minimum absolute atomic E-state index is 0. The monoisotopic (exact) mass is 1630 g/mol. The molecule has 0 bridgehead atoms. The van der Waals surface area contributed by atoms with E-state index >= 15 is 0 Å². The lowest BCUT2D eigenvalue weighted by molar-refractivity contribution is -0.149. The number of carbonyl (C=O) groups excluding carboxylic acids is 5. The Bertz CT molecular complexity index is 3480. The van der Waals surface area contributed by atoms with Gasteiger partial charge in [-0.1, -0.05) is 54.6 Å².